The van der Waals surface area contributed by atoms with Crippen molar-refractivity contribution in [2.24, 2.45) is 0 Å². The smallest absolute Gasteiger partial charge is 0.374 e. The zero-order chi connectivity index (χ0) is 35.5. The second kappa shape index (κ2) is 17.6. The highest BCUT2D eigenvalue weighted by Crippen LogP contribution is 2.35. The molecule has 2 atom stereocenters. The van der Waals surface area contributed by atoms with Gasteiger partial charge in [0.1, 0.15) is 22.7 Å². The Morgan fingerprint density at radius 3 is 2.63 bits per heavy atom. The van der Waals surface area contributed by atoms with Crippen molar-refractivity contribution in [3.05, 3.63) is 110 Å². The highest BCUT2D eigenvalue weighted by atomic mass is 32.1. The van der Waals surface area contributed by atoms with Gasteiger partial charge in [-0.1, -0.05) is 68.1 Å². The summed E-state index contributed by atoms with van der Waals surface area (Å²) in [4.78, 5) is 39.3. The third kappa shape index (κ3) is 9.01. The van der Waals surface area contributed by atoms with E-state index in [2.05, 4.69) is 0 Å². The zero-order valence-electron chi connectivity index (χ0n) is 28.2. The van der Waals surface area contributed by atoms with Gasteiger partial charge in [0.05, 0.1) is 43.3 Å². The molecule has 0 amide bonds. The van der Waals surface area contributed by atoms with Crippen LogP contribution in [-0.2, 0) is 11.2 Å². The molecule has 258 valence electrons. The monoisotopic (exact) mass is 686 g/mol. The molecule has 0 unspecified atom stereocenters. The second-order valence-corrected chi connectivity index (χ2v) is 12.1. The summed E-state index contributed by atoms with van der Waals surface area (Å²) in [6, 6.07) is 10.2. The number of phenolic OH excluding ortho intramolecular Hbond substituents is 1. The Hall–Kier alpha value is -4.80. The predicted octanol–water partition coefficient (Wildman–Crippen LogP) is 5.81. The molecule has 0 spiro atoms. The number of aromatic hydroxyl groups is 1. The molecule has 10 heteroatoms. The number of carbonyl (C=O) groups is 2. The number of ketones is 1. The SMILES string of the molecule is CCCc1c(OCCCC/C=C\C=C\[C@@H](c2c(C(=O)OC)oc3c(c2=O)=CCC(=S)C=3)[C@@H](O)c2cccc(OC)c2)ccc(C(C)=O)c1O. The lowest BCUT2D eigenvalue weighted by Gasteiger charge is -2.22. The maximum Gasteiger partial charge on any atom is 0.374 e. The number of hydrogen-bond acceptors (Lipinski definition) is 10. The molecule has 1 heterocycles. The fourth-order valence-corrected chi connectivity index (χ4v) is 5.85. The molecule has 1 aromatic heterocycles. The number of allylic oxidation sites excluding steroid dienone is 3. The molecule has 1 aliphatic rings. The summed E-state index contributed by atoms with van der Waals surface area (Å²) in [5.74, 6) is -1.22. The van der Waals surface area contributed by atoms with Crippen LogP contribution in [0.2, 0.25) is 0 Å². The number of rotatable bonds is 16. The van der Waals surface area contributed by atoms with Crippen molar-refractivity contribution in [1.82, 2.24) is 0 Å². The molecule has 4 rings (SSSR count). The van der Waals surface area contributed by atoms with Crippen LogP contribution in [0.4, 0.5) is 0 Å². The minimum absolute atomic E-state index is 0.0103. The standard InChI is InChI=1S/C39H42O9S/c1-5-13-29-32(20-19-28(24(2)40)36(29)42)47-21-11-9-7-6-8-10-16-31(35(41)25-14-12-15-26(22-25)45-3)34-37(43)30-18-17-27(49)23-33(30)48-38(34)39(44)46-4/h6,8,10,12,14-16,18-20,22-23,31,35,41-42H,5,7,9,11,13,17,21H2,1-4H3/b8-6-,16-10+/t31-,35-/m0/s1. The van der Waals surface area contributed by atoms with Gasteiger partial charge in [-0.25, -0.2) is 4.79 Å². The van der Waals surface area contributed by atoms with Gasteiger partial charge in [-0.3, -0.25) is 9.59 Å². The molecule has 9 nitrogen and oxygen atoms in total. The van der Waals surface area contributed by atoms with Gasteiger partial charge in [-0.15, -0.1) is 0 Å². The van der Waals surface area contributed by atoms with E-state index in [0.717, 1.165) is 25.7 Å². The molecule has 49 heavy (non-hydrogen) atoms. The first-order chi connectivity index (χ1) is 23.6. The lowest BCUT2D eigenvalue weighted by molar-refractivity contribution is 0.0553. The minimum atomic E-state index is -1.24. The number of methoxy groups -OCH3 is 2. The zero-order valence-corrected chi connectivity index (χ0v) is 29.0. The van der Waals surface area contributed by atoms with Crippen molar-refractivity contribution in [3.63, 3.8) is 0 Å². The van der Waals surface area contributed by atoms with Gasteiger partial charge in [0.2, 0.25) is 5.76 Å². The average molecular weight is 687 g/mol. The average Bonchev–Trinajstić information content (AvgIpc) is 3.09. The fraction of sp³-hybridized carbons (Fsp3) is 0.333. The molecule has 0 fully saturated rings. The predicted molar refractivity (Wildman–Crippen MR) is 192 cm³/mol. The van der Waals surface area contributed by atoms with E-state index in [1.165, 1.54) is 21.1 Å². The second-order valence-electron chi connectivity index (χ2n) is 11.6. The van der Waals surface area contributed by atoms with Crippen molar-refractivity contribution in [2.45, 2.75) is 64.4 Å². The van der Waals surface area contributed by atoms with Crippen LogP contribution in [0, 0.1) is 0 Å². The molecule has 0 aliphatic heterocycles. The molecule has 0 radical (unpaired) electrons. The number of carbonyl (C=O) groups excluding carboxylic acids is 2. The Bertz CT molecular complexity index is 1940. The first kappa shape index (κ1) is 37.0. The van der Waals surface area contributed by atoms with Gasteiger partial charge < -0.3 is 28.8 Å². The number of unbranched alkanes of at least 4 members (excludes halogenated alkanes) is 2. The summed E-state index contributed by atoms with van der Waals surface area (Å²) in [6.07, 6.45) is 13.2. The molecule has 1 aliphatic carbocycles. The quantitative estimate of drug-likeness (QED) is 0.0626. The Balaban J connectivity index is 1.53. The molecule has 0 saturated carbocycles. The van der Waals surface area contributed by atoms with E-state index >= 15 is 0 Å². The Morgan fingerprint density at radius 1 is 1.12 bits per heavy atom. The minimum Gasteiger partial charge on any atom is -0.507 e. The van der Waals surface area contributed by atoms with Gasteiger partial charge in [0, 0.05) is 22.8 Å². The maximum absolute atomic E-state index is 13.9. The van der Waals surface area contributed by atoms with Crippen LogP contribution in [0.15, 0.2) is 69.9 Å². The first-order valence-corrected chi connectivity index (χ1v) is 16.7. The highest BCUT2D eigenvalue weighted by molar-refractivity contribution is 7.81. The lowest BCUT2D eigenvalue weighted by atomic mass is 9.87. The highest BCUT2D eigenvalue weighted by Gasteiger charge is 2.31. The summed E-state index contributed by atoms with van der Waals surface area (Å²) in [7, 11) is 2.72. The van der Waals surface area contributed by atoms with Crippen molar-refractivity contribution in [3.8, 4) is 17.2 Å². The van der Waals surface area contributed by atoms with E-state index in [9.17, 15) is 24.6 Å². The number of esters is 1. The number of thiocarbonyl (C=S) groups is 1. The van der Waals surface area contributed by atoms with Crippen LogP contribution in [0.1, 0.15) is 95.6 Å². The lowest BCUT2D eigenvalue weighted by Crippen LogP contribution is -2.45. The summed E-state index contributed by atoms with van der Waals surface area (Å²) >= 11 is 5.28. The summed E-state index contributed by atoms with van der Waals surface area (Å²) in [5, 5.41) is 22.5. The molecule has 3 aromatic rings. The van der Waals surface area contributed by atoms with Crippen molar-refractivity contribution >= 4 is 41.0 Å². The number of Topliss-reactive ketones (excluding diaryl/α,β-unsaturated/α-hetero) is 1. The maximum atomic E-state index is 13.9. The third-order valence-electron chi connectivity index (χ3n) is 8.20. The van der Waals surface area contributed by atoms with E-state index in [1.807, 2.05) is 19.1 Å². The molecular formula is C39H42O9S. The van der Waals surface area contributed by atoms with Gasteiger partial charge in [-0.05, 0) is 68.5 Å². The summed E-state index contributed by atoms with van der Waals surface area (Å²) in [5.41, 5.74) is 1.13. The third-order valence-corrected chi connectivity index (χ3v) is 8.48. The largest absolute Gasteiger partial charge is 0.507 e. The van der Waals surface area contributed by atoms with Crippen LogP contribution in [0.5, 0.6) is 17.2 Å². The number of phenols is 1. The summed E-state index contributed by atoms with van der Waals surface area (Å²) in [6.45, 7) is 3.87. The normalized spacial score (nSPS) is 13.8. The van der Waals surface area contributed by atoms with Crippen LogP contribution in [0.3, 0.4) is 0 Å². The van der Waals surface area contributed by atoms with Crippen LogP contribution < -0.4 is 25.5 Å². The molecule has 0 bridgehead atoms. The van der Waals surface area contributed by atoms with E-state index < -0.39 is 23.4 Å². The van der Waals surface area contributed by atoms with Crippen molar-refractivity contribution in [1.29, 1.82) is 0 Å². The Kier molecular flexibility index (Phi) is 13.3. The number of hydrogen-bond donors (Lipinski definition) is 2. The van der Waals surface area contributed by atoms with Gasteiger partial charge in [0.25, 0.3) is 0 Å². The molecule has 0 saturated heterocycles. The number of aliphatic hydroxyl groups excluding tert-OH is 1. The van der Waals surface area contributed by atoms with Crippen LogP contribution in [0.25, 0.3) is 12.2 Å². The number of fused-ring (bicyclic) bond motifs is 1. The van der Waals surface area contributed by atoms with E-state index in [1.54, 1.807) is 60.7 Å². The Labute approximate surface area is 290 Å². The van der Waals surface area contributed by atoms with Crippen LogP contribution in [-0.4, -0.2) is 47.7 Å². The number of benzene rings is 2. The molecule has 2 N–H and O–H groups in total. The van der Waals surface area contributed by atoms with Crippen molar-refractivity contribution < 1.29 is 38.4 Å². The topological polar surface area (TPSA) is 132 Å². The van der Waals surface area contributed by atoms with E-state index in [0.29, 0.717) is 52.5 Å². The molecule has 2 aromatic carbocycles. The van der Waals surface area contributed by atoms with E-state index in [4.69, 9.17) is 30.8 Å². The van der Waals surface area contributed by atoms with Crippen LogP contribution >= 0.6 is 12.2 Å². The number of aliphatic hydroxyl groups is 1. The van der Waals surface area contributed by atoms with Gasteiger partial charge in [-0.2, -0.15) is 0 Å². The first-order valence-electron chi connectivity index (χ1n) is 16.2. The van der Waals surface area contributed by atoms with E-state index in [-0.39, 0.29) is 33.5 Å². The van der Waals surface area contributed by atoms with Gasteiger partial charge in [0.15, 0.2) is 11.2 Å². The summed E-state index contributed by atoms with van der Waals surface area (Å²) < 4.78 is 22.2. The fourth-order valence-electron chi connectivity index (χ4n) is 5.66. The Morgan fingerprint density at radius 2 is 1.92 bits per heavy atom. The van der Waals surface area contributed by atoms with Gasteiger partial charge >= 0.3 is 5.97 Å². The van der Waals surface area contributed by atoms with Crippen molar-refractivity contribution in [2.75, 3.05) is 20.8 Å². The molecular weight excluding hydrogens is 644 g/mol. The number of ether oxygens (including phenoxy) is 3.